The average molecular weight is 425 g/mol. The fourth-order valence-electron chi connectivity index (χ4n) is 3.23. The zero-order valence-electron chi connectivity index (χ0n) is 16.3. The fraction of sp³-hybridized carbons (Fsp3) is 0.143. The zero-order chi connectivity index (χ0) is 21.5. The minimum absolute atomic E-state index is 0.0621. The smallest absolute Gasteiger partial charge is 0.360 e. The molecule has 0 spiro atoms. The summed E-state index contributed by atoms with van der Waals surface area (Å²) in [7, 11) is -3.90. The fourth-order valence-corrected chi connectivity index (χ4v) is 4.60. The quantitative estimate of drug-likeness (QED) is 0.473. The third-order valence-corrected chi connectivity index (χ3v) is 6.42. The maximum Gasteiger partial charge on any atom is 0.360 e. The number of aromatic hydroxyl groups is 1. The third-order valence-electron chi connectivity index (χ3n) is 4.73. The lowest BCUT2D eigenvalue weighted by Gasteiger charge is -2.07. The number of aryl methyl sites for hydroxylation is 1. The molecule has 9 heteroatoms. The molecular formula is C21H19N3O5S. The van der Waals surface area contributed by atoms with Crippen molar-refractivity contribution >= 4 is 26.9 Å². The molecule has 0 saturated heterocycles. The van der Waals surface area contributed by atoms with E-state index in [0.29, 0.717) is 16.5 Å². The summed E-state index contributed by atoms with van der Waals surface area (Å²) in [6.07, 6.45) is 1.39. The van der Waals surface area contributed by atoms with E-state index in [0.717, 1.165) is 9.54 Å². The molecule has 2 N–H and O–H groups in total. The number of H-pyrrole nitrogens is 1. The van der Waals surface area contributed by atoms with Crippen molar-refractivity contribution in [2.24, 2.45) is 0 Å². The van der Waals surface area contributed by atoms with Gasteiger partial charge in [0, 0.05) is 17.1 Å². The van der Waals surface area contributed by atoms with Crippen molar-refractivity contribution in [3.05, 3.63) is 66.0 Å². The topological polar surface area (TPSA) is 114 Å². The number of aromatic amines is 1. The van der Waals surface area contributed by atoms with Crippen LogP contribution in [0.4, 0.5) is 0 Å². The van der Waals surface area contributed by atoms with Gasteiger partial charge in [-0.05, 0) is 32.0 Å². The first-order chi connectivity index (χ1) is 14.3. The van der Waals surface area contributed by atoms with Crippen LogP contribution in [0.1, 0.15) is 23.0 Å². The molecule has 4 aromatic rings. The normalized spacial score (nSPS) is 11.7. The number of para-hydroxylation sites is 1. The summed E-state index contributed by atoms with van der Waals surface area (Å²) in [5.41, 5.74) is 1.61. The van der Waals surface area contributed by atoms with Crippen LogP contribution < -0.4 is 0 Å². The lowest BCUT2D eigenvalue weighted by Crippen LogP contribution is -2.11. The molecule has 2 heterocycles. The molecule has 8 nitrogen and oxygen atoms in total. The van der Waals surface area contributed by atoms with Gasteiger partial charge in [-0.25, -0.2) is 17.2 Å². The van der Waals surface area contributed by atoms with Gasteiger partial charge in [0.05, 0.1) is 17.0 Å². The Kier molecular flexibility index (Phi) is 4.83. The van der Waals surface area contributed by atoms with Crippen molar-refractivity contribution < 1.29 is 23.1 Å². The molecule has 0 fully saturated rings. The first-order valence-corrected chi connectivity index (χ1v) is 10.7. The number of aromatic nitrogens is 3. The highest BCUT2D eigenvalue weighted by Gasteiger charge is 2.26. The molecule has 0 atom stereocenters. The second-order valence-corrected chi connectivity index (χ2v) is 8.51. The number of ether oxygens (including phenoxy) is 1. The summed E-state index contributed by atoms with van der Waals surface area (Å²) in [5, 5.41) is 17.6. The monoisotopic (exact) mass is 425 g/mol. The number of esters is 1. The van der Waals surface area contributed by atoms with Crippen LogP contribution in [0.5, 0.6) is 5.75 Å². The van der Waals surface area contributed by atoms with Gasteiger partial charge in [-0.1, -0.05) is 35.9 Å². The summed E-state index contributed by atoms with van der Waals surface area (Å²) in [6, 6.07) is 13.4. The van der Waals surface area contributed by atoms with Crippen LogP contribution >= 0.6 is 0 Å². The molecule has 0 aliphatic heterocycles. The Hall–Kier alpha value is -3.59. The van der Waals surface area contributed by atoms with E-state index in [4.69, 9.17) is 4.74 Å². The molecule has 0 saturated carbocycles. The first-order valence-electron chi connectivity index (χ1n) is 9.21. The predicted molar refractivity (Wildman–Crippen MR) is 111 cm³/mol. The number of hydrogen-bond donors (Lipinski definition) is 2. The molecule has 0 unspecified atom stereocenters. The minimum Gasteiger partial charge on any atom is -0.504 e. The molecule has 4 rings (SSSR count). The molecule has 0 aliphatic rings. The van der Waals surface area contributed by atoms with Crippen molar-refractivity contribution in [2.45, 2.75) is 18.7 Å². The van der Waals surface area contributed by atoms with Gasteiger partial charge in [0.1, 0.15) is 5.69 Å². The van der Waals surface area contributed by atoms with Gasteiger partial charge in [0.15, 0.2) is 11.4 Å². The Morgan fingerprint density at radius 3 is 2.57 bits per heavy atom. The van der Waals surface area contributed by atoms with Gasteiger partial charge >= 0.3 is 5.97 Å². The van der Waals surface area contributed by atoms with Crippen molar-refractivity contribution in [1.29, 1.82) is 0 Å². The SMILES string of the molecule is CCOC(=O)c1[nH]nc(-c2cn(S(=O)(=O)c3ccc(C)cc3)c3ccccc23)c1O. The zero-order valence-corrected chi connectivity index (χ0v) is 17.1. The Labute approximate surface area is 172 Å². The van der Waals surface area contributed by atoms with Crippen LogP contribution in [0.3, 0.4) is 0 Å². The van der Waals surface area contributed by atoms with Gasteiger partial charge in [-0.2, -0.15) is 5.10 Å². The first kappa shape index (κ1) is 19.7. The van der Waals surface area contributed by atoms with E-state index in [1.807, 2.05) is 6.92 Å². The summed E-state index contributed by atoms with van der Waals surface area (Å²) in [6.45, 7) is 3.66. The van der Waals surface area contributed by atoms with Crippen LogP contribution in [0.25, 0.3) is 22.2 Å². The molecule has 2 aromatic heterocycles. The van der Waals surface area contributed by atoms with E-state index in [1.165, 1.54) is 6.20 Å². The molecule has 0 amide bonds. The molecule has 30 heavy (non-hydrogen) atoms. The lowest BCUT2D eigenvalue weighted by atomic mass is 10.1. The van der Waals surface area contributed by atoms with Crippen molar-refractivity contribution in [3.63, 3.8) is 0 Å². The van der Waals surface area contributed by atoms with Gasteiger partial charge in [-0.15, -0.1) is 0 Å². The van der Waals surface area contributed by atoms with E-state index in [1.54, 1.807) is 55.5 Å². The molecule has 2 aromatic carbocycles. The molecular weight excluding hydrogens is 406 g/mol. The number of benzene rings is 2. The van der Waals surface area contributed by atoms with Crippen molar-refractivity contribution in [3.8, 4) is 17.0 Å². The van der Waals surface area contributed by atoms with Gasteiger partial charge < -0.3 is 9.84 Å². The molecule has 154 valence electrons. The maximum absolute atomic E-state index is 13.3. The number of rotatable bonds is 5. The Morgan fingerprint density at radius 2 is 1.87 bits per heavy atom. The standard InChI is InChI=1S/C21H19N3O5S/c1-3-29-21(26)19-20(25)18(22-23-19)16-12-24(17-7-5-4-6-15(16)17)30(27,28)14-10-8-13(2)9-11-14/h4-12,25H,3H2,1-2H3,(H,22,23). The summed E-state index contributed by atoms with van der Waals surface area (Å²) in [5.74, 6) is -1.14. The van der Waals surface area contributed by atoms with E-state index < -0.39 is 21.7 Å². The van der Waals surface area contributed by atoms with E-state index in [-0.39, 0.29) is 22.9 Å². The summed E-state index contributed by atoms with van der Waals surface area (Å²) >= 11 is 0. The van der Waals surface area contributed by atoms with E-state index in [2.05, 4.69) is 10.2 Å². The Bertz CT molecular complexity index is 1350. The Balaban J connectivity index is 1.91. The molecule has 0 aliphatic carbocycles. The van der Waals surface area contributed by atoms with Crippen LogP contribution in [0, 0.1) is 6.92 Å². The minimum atomic E-state index is -3.90. The number of carbonyl (C=O) groups excluding carboxylic acids is 1. The number of hydrogen-bond acceptors (Lipinski definition) is 6. The highest BCUT2D eigenvalue weighted by Crippen LogP contribution is 2.37. The van der Waals surface area contributed by atoms with Gasteiger partial charge in [0.2, 0.25) is 0 Å². The largest absolute Gasteiger partial charge is 0.504 e. The van der Waals surface area contributed by atoms with Crippen LogP contribution in [0.15, 0.2) is 59.6 Å². The van der Waals surface area contributed by atoms with Gasteiger partial charge in [-0.3, -0.25) is 5.10 Å². The van der Waals surface area contributed by atoms with Crippen LogP contribution in [-0.2, 0) is 14.8 Å². The Morgan fingerprint density at radius 1 is 1.17 bits per heavy atom. The lowest BCUT2D eigenvalue weighted by molar-refractivity contribution is 0.0516. The van der Waals surface area contributed by atoms with E-state index in [9.17, 15) is 18.3 Å². The number of nitrogens with zero attached hydrogens (tertiary/aromatic N) is 2. The highest BCUT2D eigenvalue weighted by molar-refractivity contribution is 7.90. The average Bonchev–Trinajstić information content (AvgIpc) is 3.29. The van der Waals surface area contributed by atoms with Crippen LogP contribution in [-0.4, -0.2) is 40.3 Å². The second-order valence-electron chi connectivity index (χ2n) is 6.69. The number of nitrogens with one attached hydrogen (secondary N) is 1. The van der Waals surface area contributed by atoms with Crippen molar-refractivity contribution in [1.82, 2.24) is 14.2 Å². The second kappa shape index (κ2) is 7.34. The summed E-state index contributed by atoms with van der Waals surface area (Å²) in [4.78, 5) is 12.1. The highest BCUT2D eigenvalue weighted by atomic mass is 32.2. The predicted octanol–water partition coefficient (Wildman–Crippen LogP) is 3.46. The van der Waals surface area contributed by atoms with Crippen LogP contribution in [0.2, 0.25) is 0 Å². The van der Waals surface area contributed by atoms with E-state index >= 15 is 0 Å². The number of fused-ring (bicyclic) bond motifs is 1. The molecule has 0 radical (unpaired) electrons. The summed E-state index contributed by atoms with van der Waals surface area (Å²) < 4.78 is 32.6. The maximum atomic E-state index is 13.3. The van der Waals surface area contributed by atoms with Crippen molar-refractivity contribution in [2.75, 3.05) is 6.61 Å². The number of carbonyl (C=O) groups is 1. The third kappa shape index (κ3) is 3.13. The van der Waals surface area contributed by atoms with Gasteiger partial charge in [0.25, 0.3) is 10.0 Å². The molecule has 0 bridgehead atoms.